The number of nitrogens with one attached hydrogen (secondary N) is 2. The number of ether oxygens (including phenoxy) is 2. The highest BCUT2D eigenvalue weighted by molar-refractivity contribution is 7.96. The van der Waals surface area contributed by atoms with Crippen LogP contribution in [-0.4, -0.2) is 65.4 Å². The van der Waals surface area contributed by atoms with Gasteiger partial charge in [0, 0.05) is 29.2 Å². The van der Waals surface area contributed by atoms with Crippen molar-refractivity contribution in [3.8, 4) is 11.5 Å². The zero-order valence-corrected chi connectivity index (χ0v) is 19.5. The molecule has 2 heterocycles. The Morgan fingerprint density at radius 1 is 1.06 bits per heavy atom. The number of H-pyrrole nitrogens is 1. The first-order chi connectivity index (χ1) is 15.2. The maximum atomic E-state index is 13.4. The molecule has 4 rings (SSSR count). The van der Waals surface area contributed by atoms with Crippen LogP contribution in [0, 0.1) is 0 Å². The third kappa shape index (κ3) is 4.35. The molecule has 0 spiro atoms. The molecule has 1 aliphatic heterocycles. The molecular weight excluding hydrogens is 452 g/mol. The summed E-state index contributed by atoms with van der Waals surface area (Å²) in [6, 6.07) is 11.5. The van der Waals surface area contributed by atoms with Crippen LogP contribution >= 0.6 is 0 Å². The molecule has 0 radical (unpaired) electrons. The summed E-state index contributed by atoms with van der Waals surface area (Å²) in [7, 11) is -4.52. The van der Waals surface area contributed by atoms with Crippen LogP contribution in [0.15, 0.2) is 53.6 Å². The second kappa shape index (κ2) is 8.76. The molecular formula is C22H26N2O6S2. The zero-order chi connectivity index (χ0) is 22.9. The molecule has 8 nitrogen and oxygen atoms in total. The highest BCUT2D eigenvalue weighted by atomic mass is 32.2. The molecule has 0 unspecified atom stereocenters. The third-order valence-corrected chi connectivity index (χ3v) is 10.0. The number of aromatic nitrogens is 1. The van der Waals surface area contributed by atoms with Gasteiger partial charge in [0.2, 0.25) is 0 Å². The lowest BCUT2D eigenvalue weighted by Crippen LogP contribution is -2.44. The van der Waals surface area contributed by atoms with Crippen molar-refractivity contribution in [2.24, 2.45) is 0 Å². The molecule has 1 fully saturated rings. The average Bonchev–Trinajstić information content (AvgIpc) is 3.33. The van der Waals surface area contributed by atoms with Gasteiger partial charge in [-0.25, -0.2) is 16.8 Å². The summed E-state index contributed by atoms with van der Waals surface area (Å²) in [5.41, 5.74) is 2.12. The first kappa shape index (κ1) is 22.6. The van der Waals surface area contributed by atoms with E-state index in [1.54, 1.807) is 0 Å². The van der Waals surface area contributed by atoms with Gasteiger partial charge in [-0.3, -0.25) is 0 Å². The van der Waals surface area contributed by atoms with E-state index in [1.807, 2.05) is 30.5 Å². The number of rotatable bonds is 8. The van der Waals surface area contributed by atoms with Crippen molar-refractivity contribution in [1.82, 2.24) is 10.3 Å². The van der Waals surface area contributed by atoms with Gasteiger partial charge in [0.05, 0.1) is 35.9 Å². The van der Waals surface area contributed by atoms with Gasteiger partial charge >= 0.3 is 0 Å². The van der Waals surface area contributed by atoms with Gasteiger partial charge < -0.3 is 19.8 Å². The van der Waals surface area contributed by atoms with E-state index in [2.05, 4.69) is 10.3 Å². The first-order valence-electron chi connectivity index (χ1n) is 10.2. The molecule has 10 heteroatoms. The van der Waals surface area contributed by atoms with Crippen LogP contribution in [0.5, 0.6) is 11.5 Å². The molecule has 2 atom stereocenters. The van der Waals surface area contributed by atoms with Crippen molar-refractivity contribution in [1.29, 1.82) is 0 Å². The predicted octanol–water partition coefficient (Wildman–Crippen LogP) is 1.96. The van der Waals surface area contributed by atoms with Crippen molar-refractivity contribution in [2.45, 2.75) is 22.6 Å². The Kier molecular flexibility index (Phi) is 6.19. The van der Waals surface area contributed by atoms with Crippen molar-refractivity contribution >= 4 is 30.6 Å². The smallest absolute Gasteiger partial charge is 0.183 e. The van der Waals surface area contributed by atoms with E-state index in [1.165, 1.54) is 32.4 Å². The molecule has 2 aromatic carbocycles. The number of sulfone groups is 2. The van der Waals surface area contributed by atoms with Crippen LogP contribution < -0.4 is 14.8 Å². The van der Waals surface area contributed by atoms with E-state index in [0.29, 0.717) is 18.7 Å². The average molecular weight is 479 g/mol. The maximum Gasteiger partial charge on any atom is 0.183 e. The second-order valence-electron chi connectivity index (χ2n) is 7.85. The number of para-hydroxylation sites is 1. The molecule has 3 aromatic rings. The highest BCUT2D eigenvalue weighted by Crippen LogP contribution is 2.33. The monoisotopic (exact) mass is 478 g/mol. The number of hydrogen-bond donors (Lipinski definition) is 2. The van der Waals surface area contributed by atoms with E-state index < -0.39 is 36.7 Å². The van der Waals surface area contributed by atoms with Crippen LogP contribution in [0.4, 0.5) is 0 Å². The van der Waals surface area contributed by atoms with Crippen LogP contribution in [0.3, 0.4) is 0 Å². The maximum absolute atomic E-state index is 13.4. The normalized spacial score (nSPS) is 20.4. The van der Waals surface area contributed by atoms with Crippen molar-refractivity contribution < 1.29 is 26.3 Å². The Balaban J connectivity index is 1.54. The van der Waals surface area contributed by atoms with Gasteiger partial charge in [-0.05, 0) is 36.7 Å². The molecule has 1 saturated heterocycles. The Hall–Kier alpha value is -2.56. The Bertz CT molecular complexity index is 1330. The van der Waals surface area contributed by atoms with E-state index in [-0.39, 0.29) is 16.4 Å². The fraction of sp³-hybridized carbons (Fsp3) is 0.364. The van der Waals surface area contributed by atoms with Crippen LogP contribution in [0.25, 0.3) is 10.9 Å². The summed E-state index contributed by atoms with van der Waals surface area (Å²) in [6.07, 6.45) is 2.57. The third-order valence-electron chi connectivity index (χ3n) is 5.86. The molecule has 0 bridgehead atoms. The first-order valence-corrected chi connectivity index (χ1v) is 13.6. The Morgan fingerprint density at radius 3 is 2.56 bits per heavy atom. The number of benzene rings is 2. The SMILES string of the molecule is COc1ccc(S(=O)(=O)[C@H]2CS(=O)(=O)C[C@@H]2NCCc2c[nH]c3ccccc23)cc1OC. The van der Waals surface area contributed by atoms with E-state index >= 15 is 0 Å². The Labute approximate surface area is 187 Å². The standard InChI is InChI=1S/C22H26N2O6S2/c1-29-20-8-7-16(11-21(20)30-2)32(27,28)22-14-31(25,26)13-19(22)23-10-9-15-12-24-18-6-4-3-5-17(15)18/h3-8,11-12,19,22-24H,9-10,13-14H2,1-2H3/t19-,22-/m0/s1. The summed E-state index contributed by atoms with van der Waals surface area (Å²) in [4.78, 5) is 3.23. The van der Waals surface area contributed by atoms with Gasteiger partial charge in [0.1, 0.15) is 0 Å². The van der Waals surface area contributed by atoms with E-state index in [0.717, 1.165) is 16.5 Å². The summed E-state index contributed by atoms with van der Waals surface area (Å²) < 4.78 is 61.8. The van der Waals surface area contributed by atoms with Crippen molar-refractivity contribution in [3.63, 3.8) is 0 Å². The molecule has 0 amide bonds. The zero-order valence-electron chi connectivity index (χ0n) is 17.9. The number of hydrogen-bond acceptors (Lipinski definition) is 7. The fourth-order valence-corrected chi connectivity index (χ4v) is 8.94. The van der Waals surface area contributed by atoms with Gasteiger partial charge in [-0.2, -0.15) is 0 Å². The van der Waals surface area contributed by atoms with Gasteiger partial charge in [0.15, 0.2) is 31.2 Å². The van der Waals surface area contributed by atoms with Gasteiger partial charge in [-0.15, -0.1) is 0 Å². The van der Waals surface area contributed by atoms with Crippen LogP contribution in [-0.2, 0) is 26.1 Å². The van der Waals surface area contributed by atoms with Crippen molar-refractivity contribution in [3.05, 3.63) is 54.2 Å². The lowest BCUT2D eigenvalue weighted by Gasteiger charge is -2.20. The summed E-state index contributed by atoms with van der Waals surface area (Å²) in [5, 5.41) is 3.21. The van der Waals surface area contributed by atoms with Crippen LogP contribution in [0.1, 0.15) is 5.56 Å². The molecule has 1 aliphatic rings. The quantitative estimate of drug-likeness (QED) is 0.509. The molecule has 0 aliphatic carbocycles. The summed E-state index contributed by atoms with van der Waals surface area (Å²) >= 11 is 0. The lowest BCUT2D eigenvalue weighted by molar-refractivity contribution is 0.354. The fourth-order valence-electron chi connectivity index (χ4n) is 4.21. The minimum absolute atomic E-state index is 0.0145. The topological polar surface area (TPSA) is 115 Å². The second-order valence-corrected chi connectivity index (χ2v) is 12.2. The number of fused-ring (bicyclic) bond motifs is 1. The minimum Gasteiger partial charge on any atom is -0.493 e. The summed E-state index contributed by atoms with van der Waals surface area (Å²) in [5.74, 6) is 0.0594. The molecule has 172 valence electrons. The predicted molar refractivity (Wildman–Crippen MR) is 123 cm³/mol. The van der Waals surface area contributed by atoms with Crippen molar-refractivity contribution in [2.75, 3.05) is 32.3 Å². The number of methoxy groups -OCH3 is 2. The molecule has 32 heavy (non-hydrogen) atoms. The van der Waals surface area contributed by atoms with Gasteiger partial charge in [-0.1, -0.05) is 18.2 Å². The molecule has 2 N–H and O–H groups in total. The summed E-state index contributed by atoms with van der Waals surface area (Å²) in [6.45, 7) is 0.458. The largest absolute Gasteiger partial charge is 0.493 e. The van der Waals surface area contributed by atoms with Gasteiger partial charge in [0.25, 0.3) is 0 Å². The number of aromatic amines is 1. The van der Waals surface area contributed by atoms with Crippen LogP contribution in [0.2, 0.25) is 0 Å². The molecule has 0 saturated carbocycles. The molecule has 1 aromatic heterocycles. The van der Waals surface area contributed by atoms with E-state index in [4.69, 9.17) is 9.47 Å². The Morgan fingerprint density at radius 2 is 1.81 bits per heavy atom. The minimum atomic E-state index is -3.92. The lowest BCUT2D eigenvalue weighted by atomic mass is 10.1. The van der Waals surface area contributed by atoms with E-state index in [9.17, 15) is 16.8 Å². The highest BCUT2D eigenvalue weighted by Gasteiger charge is 2.45.